The first-order valence-electron chi connectivity index (χ1n) is 11.2. The predicted octanol–water partition coefficient (Wildman–Crippen LogP) is 4.52. The highest BCUT2D eigenvalue weighted by molar-refractivity contribution is 7.17. The van der Waals surface area contributed by atoms with Gasteiger partial charge in [-0.1, -0.05) is 0 Å². The van der Waals surface area contributed by atoms with E-state index in [4.69, 9.17) is 0 Å². The maximum absolute atomic E-state index is 14.2. The number of halogens is 3. The Labute approximate surface area is 206 Å². The first kappa shape index (κ1) is 26.9. The Balaban J connectivity index is 2.18. The number of aliphatic hydroxyl groups is 1. The summed E-state index contributed by atoms with van der Waals surface area (Å²) in [5.74, 6) is -1.32. The van der Waals surface area contributed by atoms with Crippen molar-refractivity contribution in [2.75, 3.05) is 11.9 Å². The van der Waals surface area contributed by atoms with Crippen LogP contribution in [0.15, 0.2) is 12.3 Å². The van der Waals surface area contributed by atoms with Gasteiger partial charge in [-0.2, -0.15) is 13.2 Å². The highest BCUT2D eigenvalue weighted by atomic mass is 32.1. The summed E-state index contributed by atoms with van der Waals surface area (Å²) in [6, 6.07) is 0.785. The minimum atomic E-state index is -4.76. The Kier molecular flexibility index (Phi) is 7.20. The summed E-state index contributed by atoms with van der Waals surface area (Å²) in [5.41, 5.74) is -3.70. The molecule has 0 bridgehead atoms. The molecule has 1 saturated heterocycles. The van der Waals surface area contributed by atoms with Gasteiger partial charge in [-0.3, -0.25) is 9.59 Å². The second kappa shape index (κ2) is 9.38. The van der Waals surface area contributed by atoms with Gasteiger partial charge < -0.3 is 20.6 Å². The van der Waals surface area contributed by atoms with Gasteiger partial charge in [0.2, 0.25) is 0 Å². The van der Waals surface area contributed by atoms with Crippen LogP contribution < -0.4 is 10.6 Å². The molecule has 192 valence electrons. The zero-order chi connectivity index (χ0) is 26.3. The van der Waals surface area contributed by atoms with Crippen LogP contribution in [0.2, 0.25) is 0 Å². The highest BCUT2D eigenvalue weighted by Gasteiger charge is 2.38. The van der Waals surface area contributed by atoms with Gasteiger partial charge in [-0.15, -0.1) is 11.3 Å². The maximum Gasteiger partial charge on any atom is 0.417 e. The van der Waals surface area contributed by atoms with E-state index in [0.29, 0.717) is 17.9 Å². The number of carbonyl (C=O) groups is 2. The van der Waals surface area contributed by atoms with Crippen LogP contribution >= 0.6 is 11.3 Å². The van der Waals surface area contributed by atoms with E-state index in [1.165, 1.54) is 13.8 Å². The topological polar surface area (TPSA) is 107 Å². The molecule has 2 aromatic heterocycles. The van der Waals surface area contributed by atoms with Crippen molar-refractivity contribution in [3.63, 3.8) is 0 Å². The molecule has 2 amide bonds. The first-order chi connectivity index (χ1) is 16.0. The van der Waals surface area contributed by atoms with Crippen molar-refractivity contribution >= 4 is 29.0 Å². The number of rotatable bonds is 5. The molecule has 0 radical (unpaired) electrons. The predicted molar refractivity (Wildman–Crippen MR) is 127 cm³/mol. The molecule has 1 aliphatic heterocycles. The third-order valence-corrected chi connectivity index (χ3v) is 6.30. The largest absolute Gasteiger partial charge is 0.417 e. The van der Waals surface area contributed by atoms with Crippen molar-refractivity contribution < 1.29 is 27.9 Å². The summed E-state index contributed by atoms with van der Waals surface area (Å²) in [7, 11) is 0. The Bertz CT molecular complexity index is 1120. The zero-order valence-electron chi connectivity index (χ0n) is 20.5. The van der Waals surface area contributed by atoms with Gasteiger partial charge in [-0.25, -0.2) is 9.97 Å². The number of carbonyl (C=O) groups excluding carboxylic acids is 2. The van der Waals surface area contributed by atoms with Crippen LogP contribution in [-0.2, 0) is 6.18 Å². The van der Waals surface area contributed by atoms with Crippen LogP contribution in [0, 0.1) is 0 Å². The summed E-state index contributed by atoms with van der Waals surface area (Å²) in [6.45, 7) is 10.4. The maximum atomic E-state index is 14.2. The van der Waals surface area contributed by atoms with Crippen LogP contribution in [0.5, 0.6) is 0 Å². The van der Waals surface area contributed by atoms with E-state index in [9.17, 15) is 27.9 Å². The molecule has 0 unspecified atom stereocenters. The fourth-order valence-corrected chi connectivity index (χ4v) is 4.75. The van der Waals surface area contributed by atoms with Crippen LogP contribution in [-0.4, -0.2) is 55.6 Å². The number of hydrogen-bond acceptors (Lipinski definition) is 7. The molecular formula is C23H30F3N5O3S. The molecule has 0 aliphatic carbocycles. The van der Waals surface area contributed by atoms with Gasteiger partial charge in [0.05, 0.1) is 10.4 Å². The standard InChI is InChI=1S/C23H30F3N5O3S/c1-12-8-7-9-31(12)20(33)16-17(35-19(28-16)18(32)30-22(5,6)34)13-11-27-15(29-21(2,3)4)10-14(13)23(24,25)26/h10-12,34H,7-9H2,1-6H3,(H,27,29)(H,30,32)/t12-/m0/s1. The van der Waals surface area contributed by atoms with Crippen LogP contribution in [0.4, 0.5) is 19.0 Å². The number of aromatic nitrogens is 2. The van der Waals surface area contributed by atoms with Crippen molar-refractivity contribution in [2.24, 2.45) is 0 Å². The van der Waals surface area contributed by atoms with E-state index in [1.807, 2.05) is 6.92 Å². The number of amides is 2. The normalized spacial score (nSPS) is 17.0. The summed E-state index contributed by atoms with van der Waals surface area (Å²) in [6.07, 6.45) is -2.18. The molecule has 1 atom stereocenters. The first-order valence-corrected chi connectivity index (χ1v) is 12.0. The smallest absolute Gasteiger partial charge is 0.372 e. The monoisotopic (exact) mass is 513 g/mol. The fourth-order valence-electron chi connectivity index (χ4n) is 3.77. The van der Waals surface area contributed by atoms with Gasteiger partial charge in [0, 0.05) is 29.9 Å². The summed E-state index contributed by atoms with van der Waals surface area (Å²) < 4.78 is 42.5. The van der Waals surface area contributed by atoms with E-state index in [0.717, 1.165) is 25.1 Å². The number of anilines is 1. The van der Waals surface area contributed by atoms with Crippen LogP contribution in [0.1, 0.15) is 80.2 Å². The van der Waals surface area contributed by atoms with E-state index in [-0.39, 0.29) is 33.0 Å². The molecule has 35 heavy (non-hydrogen) atoms. The molecule has 8 nitrogen and oxygen atoms in total. The average molecular weight is 514 g/mol. The molecular weight excluding hydrogens is 483 g/mol. The second-order valence-electron chi connectivity index (χ2n) is 10.2. The summed E-state index contributed by atoms with van der Waals surface area (Å²) >= 11 is 0.657. The van der Waals surface area contributed by atoms with E-state index >= 15 is 0 Å². The quantitative estimate of drug-likeness (QED) is 0.508. The number of likely N-dealkylation sites (tertiary alicyclic amines) is 1. The van der Waals surface area contributed by atoms with Gasteiger partial charge in [0.25, 0.3) is 11.8 Å². The van der Waals surface area contributed by atoms with E-state index < -0.39 is 34.8 Å². The molecule has 2 aromatic rings. The Morgan fingerprint density at radius 2 is 1.86 bits per heavy atom. The van der Waals surface area contributed by atoms with E-state index in [1.54, 1.807) is 25.7 Å². The van der Waals surface area contributed by atoms with Crippen LogP contribution in [0.3, 0.4) is 0 Å². The molecule has 3 rings (SSSR count). The van der Waals surface area contributed by atoms with E-state index in [2.05, 4.69) is 20.6 Å². The lowest BCUT2D eigenvalue weighted by atomic mass is 10.1. The molecule has 3 N–H and O–H groups in total. The van der Waals surface area contributed by atoms with Crippen molar-refractivity contribution in [1.82, 2.24) is 20.2 Å². The molecule has 3 heterocycles. The van der Waals surface area contributed by atoms with Crippen molar-refractivity contribution in [3.8, 4) is 10.4 Å². The SMILES string of the molecule is C[C@H]1CCCN1C(=O)c1nc(C(=O)NC(C)(C)O)sc1-c1cnc(NC(C)(C)C)cc1C(F)(F)F. The third kappa shape index (κ3) is 6.49. The molecule has 0 spiro atoms. The average Bonchev–Trinajstić information content (AvgIpc) is 3.31. The molecule has 1 aliphatic rings. The molecule has 0 aromatic carbocycles. The molecule has 0 saturated carbocycles. The zero-order valence-corrected chi connectivity index (χ0v) is 21.3. The van der Waals surface area contributed by atoms with Crippen molar-refractivity contribution in [1.29, 1.82) is 0 Å². The van der Waals surface area contributed by atoms with Crippen molar-refractivity contribution in [3.05, 3.63) is 28.5 Å². The minimum absolute atomic E-state index is 0.0270. The van der Waals surface area contributed by atoms with Gasteiger partial charge in [-0.05, 0) is 60.5 Å². The van der Waals surface area contributed by atoms with Gasteiger partial charge >= 0.3 is 6.18 Å². The lowest BCUT2D eigenvalue weighted by molar-refractivity contribution is -0.137. The highest BCUT2D eigenvalue weighted by Crippen LogP contribution is 2.42. The van der Waals surface area contributed by atoms with Crippen molar-refractivity contribution in [2.45, 2.75) is 77.9 Å². The molecule has 1 fully saturated rings. The summed E-state index contributed by atoms with van der Waals surface area (Å²) in [4.78, 5) is 35.8. The fraction of sp³-hybridized carbons (Fsp3) is 0.565. The number of alkyl halides is 3. The lowest BCUT2D eigenvalue weighted by Gasteiger charge is -2.23. The van der Waals surface area contributed by atoms with Crippen LogP contribution in [0.25, 0.3) is 10.4 Å². The Morgan fingerprint density at radius 3 is 2.37 bits per heavy atom. The lowest BCUT2D eigenvalue weighted by Crippen LogP contribution is -2.43. The number of hydrogen-bond donors (Lipinski definition) is 3. The number of nitrogens with zero attached hydrogens (tertiary/aromatic N) is 3. The second-order valence-corrected chi connectivity index (χ2v) is 11.2. The third-order valence-electron chi connectivity index (χ3n) is 5.21. The summed E-state index contributed by atoms with van der Waals surface area (Å²) in [5, 5.41) is 14.9. The van der Waals surface area contributed by atoms with Gasteiger partial charge in [0.1, 0.15) is 17.2 Å². The molecule has 12 heteroatoms. The Morgan fingerprint density at radius 1 is 1.20 bits per heavy atom. The van der Waals surface area contributed by atoms with Gasteiger partial charge in [0.15, 0.2) is 5.01 Å². The number of pyridine rings is 1. The number of nitrogens with one attached hydrogen (secondary N) is 2. The number of thiazole rings is 1. The minimum Gasteiger partial charge on any atom is -0.372 e. The Hall–Kier alpha value is -2.73.